The lowest BCUT2D eigenvalue weighted by molar-refractivity contribution is 0.137. The Morgan fingerprint density at radius 1 is 1.67 bits per heavy atom. The van der Waals surface area contributed by atoms with Crippen LogP contribution in [0, 0.1) is 0 Å². The molecule has 0 bridgehead atoms. The van der Waals surface area contributed by atoms with Crippen LogP contribution >= 0.6 is 22.6 Å². The molecule has 2 heteroatoms. The third-order valence-corrected chi connectivity index (χ3v) is 2.90. The molecule has 0 saturated carbocycles. The molecular formula is C7H11IO. The molecule has 0 heterocycles. The van der Waals surface area contributed by atoms with Crippen LogP contribution < -0.4 is 0 Å². The van der Waals surface area contributed by atoms with Gasteiger partial charge in [-0.2, -0.15) is 0 Å². The van der Waals surface area contributed by atoms with Crippen LogP contribution in [0.4, 0.5) is 0 Å². The van der Waals surface area contributed by atoms with E-state index >= 15 is 0 Å². The summed E-state index contributed by atoms with van der Waals surface area (Å²) in [6.45, 7) is 0. The highest BCUT2D eigenvalue weighted by atomic mass is 127. The third kappa shape index (κ3) is 1.93. The third-order valence-electron chi connectivity index (χ3n) is 1.56. The Morgan fingerprint density at radius 2 is 2.44 bits per heavy atom. The number of rotatable bonds is 1. The molecule has 1 aliphatic carbocycles. The lowest BCUT2D eigenvalue weighted by Crippen LogP contribution is -2.22. The molecule has 9 heavy (non-hydrogen) atoms. The van der Waals surface area contributed by atoms with Crippen LogP contribution in [-0.2, 0) is 4.74 Å². The average molecular weight is 238 g/mol. The zero-order chi connectivity index (χ0) is 6.69. The highest BCUT2D eigenvalue weighted by molar-refractivity contribution is 14.1. The maximum absolute atomic E-state index is 5.21. The van der Waals surface area contributed by atoms with E-state index in [4.69, 9.17) is 4.74 Å². The minimum absolute atomic E-state index is 0.361. The van der Waals surface area contributed by atoms with Gasteiger partial charge in [0.2, 0.25) is 0 Å². The first kappa shape index (κ1) is 7.54. The van der Waals surface area contributed by atoms with Crippen molar-refractivity contribution in [2.45, 2.75) is 22.9 Å². The molecule has 2 atom stereocenters. The van der Waals surface area contributed by atoms with Gasteiger partial charge < -0.3 is 4.74 Å². The Bertz CT molecular complexity index is 111. The Labute approximate surface area is 69.6 Å². The molecule has 1 aliphatic rings. The van der Waals surface area contributed by atoms with Gasteiger partial charge in [-0.1, -0.05) is 34.7 Å². The molecule has 1 nitrogen and oxygen atoms in total. The average Bonchev–Trinajstić information content (AvgIpc) is 1.89. The standard InChI is InChI=1S/C7H11IO/c1-9-7-5-3-2-4-6(7)8/h3,5-7H,2,4H2,1H3/t6-,7-/m1/s1. The fourth-order valence-corrected chi connectivity index (χ4v) is 1.89. The van der Waals surface area contributed by atoms with Gasteiger partial charge in [-0.15, -0.1) is 0 Å². The number of ether oxygens (including phenoxy) is 1. The van der Waals surface area contributed by atoms with Gasteiger partial charge in [0, 0.05) is 11.0 Å². The first-order valence-corrected chi connectivity index (χ1v) is 4.42. The summed E-state index contributed by atoms with van der Waals surface area (Å²) in [4.78, 5) is 0. The highest BCUT2D eigenvalue weighted by Gasteiger charge is 2.16. The number of allylic oxidation sites excluding steroid dienone is 1. The van der Waals surface area contributed by atoms with Crippen molar-refractivity contribution < 1.29 is 4.74 Å². The molecule has 0 saturated heterocycles. The molecule has 0 aromatic carbocycles. The van der Waals surface area contributed by atoms with Gasteiger partial charge in [0.15, 0.2) is 0 Å². The van der Waals surface area contributed by atoms with Gasteiger partial charge in [-0.25, -0.2) is 0 Å². The molecule has 0 aromatic heterocycles. The largest absolute Gasteiger partial charge is 0.376 e. The van der Waals surface area contributed by atoms with Crippen LogP contribution in [0.2, 0.25) is 0 Å². The number of methoxy groups -OCH3 is 1. The Morgan fingerprint density at radius 3 is 2.89 bits per heavy atom. The van der Waals surface area contributed by atoms with Crippen molar-refractivity contribution >= 4 is 22.6 Å². The SMILES string of the molecule is CO[C@@H]1C=CCC[C@H]1I. The van der Waals surface area contributed by atoms with Crippen LogP contribution in [-0.4, -0.2) is 17.1 Å². The Balaban J connectivity index is 2.46. The molecule has 0 radical (unpaired) electrons. The summed E-state index contributed by atoms with van der Waals surface area (Å²) >= 11 is 2.44. The molecular weight excluding hydrogens is 227 g/mol. The molecule has 0 aromatic rings. The van der Waals surface area contributed by atoms with Gasteiger partial charge in [0.25, 0.3) is 0 Å². The van der Waals surface area contributed by atoms with Gasteiger partial charge in [0.05, 0.1) is 6.10 Å². The first-order chi connectivity index (χ1) is 4.34. The quantitative estimate of drug-likeness (QED) is 0.386. The lowest BCUT2D eigenvalue weighted by Gasteiger charge is -2.20. The van der Waals surface area contributed by atoms with E-state index in [1.165, 1.54) is 12.8 Å². The summed E-state index contributed by atoms with van der Waals surface area (Å²) in [7, 11) is 1.77. The van der Waals surface area contributed by atoms with E-state index in [-0.39, 0.29) is 0 Å². The molecule has 0 fully saturated rings. The van der Waals surface area contributed by atoms with E-state index in [2.05, 4.69) is 34.7 Å². The van der Waals surface area contributed by atoms with Crippen molar-refractivity contribution in [3.05, 3.63) is 12.2 Å². The molecule has 0 amide bonds. The molecule has 52 valence electrons. The Hall–Kier alpha value is 0.430. The number of alkyl halides is 1. The van der Waals surface area contributed by atoms with Crippen molar-refractivity contribution in [2.75, 3.05) is 7.11 Å². The topological polar surface area (TPSA) is 9.23 Å². The van der Waals surface area contributed by atoms with Crippen molar-refractivity contribution in [1.82, 2.24) is 0 Å². The smallest absolute Gasteiger partial charge is 0.0869 e. The minimum atomic E-state index is 0.361. The van der Waals surface area contributed by atoms with Crippen molar-refractivity contribution in [3.63, 3.8) is 0 Å². The fourth-order valence-electron chi connectivity index (χ4n) is 0.997. The monoisotopic (exact) mass is 238 g/mol. The summed E-state index contributed by atoms with van der Waals surface area (Å²) in [5.74, 6) is 0. The number of halogens is 1. The molecule has 1 rings (SSSR count). The van der Waals surface area contributed by atoms with Crippen molar-refractivity contribution in [3.8, 4) is 0 Å². The minimum Gasteiger partial charge on any atom is -0.376 e. The number of hydrogen-bond donors (Lipinski definition) is 0. The predicted octanol–water partition coefficient (Wildman–Crippen LogP) is 2.16. The second-order valence-electron chi connectivity index (χ2n) is 2.22. The molecule has 0 aliphatic heterocycles. The summed E-state index contributed by atoms with van der Waals surface area (Å²) < 4.78 is 5.89. The van der Waals surface area contributed by atoms with E-state index in [1.807, 2.05) is 0 Å². The summed E-state index contributed by atoms with van der Waals surface area (Å²) in [5.41, 5.74) is 0. The van der Waals surface area contributed by atoms with Gasteiger partial charge in [0.1, 0.15) is 0 Å². The zero-order valence-electron chi connectivity index (χ0n) is 5.51. The van der Waals surface area contributed by atoms with Crippen LogP contribution in [0.15, 0.2) is 12.2 Å². The summed E-state index contributed by atoms with van der Waals surface area (Å²) in [6.07, 6.45) is 7.19. The van der Waals surface area contributed by atoms with Crippen LogP contribution in [0.1, 0.15) is 12.8 Å². The van der Waals surface area contributed by atoms with E-state index in [0.717, 1.165) is 0 Å². The second-order valence-corrected chi connectivity index (χ2v) is 3.82. The molecule has 0 unspecified atom stereocenters. The van der Waals surface area contributed by atoms with Crippen LogP contribution in [0.5, 0.6) is 0 Å². The van der Waals surface area contributed by atoms with Crippen molar-refractivity contribution in [2.24, 2.45) is 0 Å². The first-order valence-electron chi connectivity index (χ1n) is 3.18. The van der Waals surface area contributed by atoms with Gasteiger partial charge >= 0.3 is 0 Å². The van der Waals surface area contributed by atoms with Gasteiger partial charge in [-0.05, 0) is 12.8 Å². The lowest BCUT2D eigenvalue weighted by atomic mass is 10.1. The van der Waals surface area contributed by atoms with Crippen LogP contribution in [0.3, 0.4) is 0 Å². The predicted molar refractivity (Wildman–Crippen MR) is 47.0 cm³/mol. The fraction of sp³-hybridized carbons (Fsp3) is 0.714. The molecule has 0 spiro atoms. The molecule has 0 N–H and O–H groups in total. The highest BCUT2D eigenvalue weighted by Crippen LogP contribution is 2.21. The van der Waals surface area contributed by atoms with E-state index in [9.17, 15) is 0 Å². The normalized spacial score (nSPS) is 34.9. The second kappa shape index (κ2) is 3.56. The van der Waals surface area contributed by atoms with Crippen molar-refractivity contribution in [1.29, 1.82) is 0 Å². The van der Waals surface area contributed by atoms with Gasteiger partial charge in [-0.3, -0.25) is 0 Å². The van der Waals surface area contributed by atoms with E-state index < -0.39 is 0 Å². The van der Waals surface area contributed by atoms with E-state index in [0.29, 0.717) is 10.0 Å². The van der Waals surface area contributed by atoms with E-state index in [1.54, 1.807) is 7.11 Å². The summed E-state index contributed by atoms with van der Waals surface area (Å²) in [5, 5.41) is 0. The van der Waals surface area contributed by atoms with Crippen LogP contribution in [0.25, 0.3) is 0 Å². The maximum atomic E-state index is 5.21. The number of hydrogen-bond acceptors (Lipinski definition) is 1. The Kier molecular flexibility index (Phi) is 2.98. The summed E-state index contributed by atoms with van der Waals surface area (Å²) in [6, 6.07) is 0. The maximum Gasteiger partial charge on any atom is 0.0869 e. The zero-order valence-corrected chi connectivity index (χ0v) is 7.67.